The quantitative estimate of drug-likeness (QED) is 0.920. The van der Waals surface area contributed by atoms with E-state index in [0.29, 0.717) is 9.90 Å². The SMILES string of the molecule is O=S(=O)(Nc1ccccc1N1CCCCCC1)c1cccs1. The highest BCUT2D eigenvalue weighted by Crippen LogP contribution is 2.30. The Labute approximate surface area is 135 Å². The molecular formula is C16H20N2O2S2. The van der Waals surface area contributed by atoms with Crippen LogP contribution in [0.2, 0.25) is 0 Å². The molecule has 0 saturated carbocycles. The average Bonchev–Trinajstić information content (AvgIpc) is 2.92. The Morgan fingerprint density at radius 2 is 1.68 bits per heavy atom. The van der Waals surface area contributed by atoms with Crippen LogP contribution in [-0.2, 0) is 10.0 Å². The van der Waals surface area contributed by atoms with Crippen molar-refractivity contribution in [3.05, 3.63) is 41.8 Å². The van der Waals surface area contributed by atoms with Gasteiger partial charge in [0.2, 0.25) is 0 Å². The minimum absolute atomic E-state index is 0.346. The molecule has 0 amide bonds. The number of rotatable bonds is 4. The first-order chi connectivity index (χ1) is 10.7. The van der Waals surface area contributed by atoms with Crippen molar-refractivity contribution < 1.29 is 8.42 Å². The molecular weight excluding hydrogens is 316 g/mol. The van der Waals surface area contributed by atoms with Crippen LogP contribution in [0.25, 0.3) is 0 Å². The molecule has 0 bridgehead atoms. The molecule has 0 radical (unpaired) electrons. The largest absolute Gasteiger partial charge is 0.370 e. The van der Waals surface area contributed by atoms with Crippen LogP contribution in [0.3, 0.4) is 0 Å². The predicted octanol–water partition coefficient (Wildman–Crippen LogP) is 3.93. The van der Waals surface area contributed by atoms with E-state index in [1.54, 1.807) is 17.5 Å². The van der Waals surface area contributed by atoms with E-state index in [9.17, 15) is 8.42 Å². The summed E-state index contributed by atoms with van der Waals surface area (Å²) in [5, 5.41) is 1.77. The molecule has 0 atom stereocenters. The number of anilines is 2. The van der Waals surface area contributed by atoms with Gasteiger partial charge in [-0.15, -0.1) is 11.3 Å². The summed E-state index contributed by atoms with van der Waals surface area (Å²) in [4.78, 5) is 2.29. The fourth-order valence-corrected chi connectivity index (χ4v) is 4.83. The molecule has 1 saturated heterocycles. The first kappa shape index (κ1) is 15.4. The number of thiophene rings is 1. The number of para-hydroxylation sites is 2. The molecule has 1 fully saturated rings. The molecule has 6 heteroatoms. The van der Waals surface area contributed by atoms with Crippen LogP contribution in [0.5, 0.6) is 0 Å². The summed E-state index contributed by atoms with van der Waals surface area (Å²) >= 11 is 1.23. The van der Waals surface area contributed by atoms with E-state index in [1.807, 2.05) is 24.3 Å². The van der Waals surface area contributed by atoms with Gasteiger partial charge in [-0.05, 0) is 36.4 Å². The summed E-state index contributed by atoms with van der Waals surface area (Å²) in [7, 11) is -3.50. The maximum Gasteiger partial charge on any atom is 0.271 e. The van der Waals surface area contributed by atoms with Crippen molar-refractivity contribution in [2.75, 3.05) is 22.7 Å². The molecule has 0 unspecified atom stereocenters. The number of nitrogens with one attached hydrogen (secondary N) is 1. The highest BCUT2D eigenvalue weighted by Gasteiger charge is 2.19. The fraction of sp³-hybridized carbons (Fsp3) is 0.375. The summed E-state index contributed by atoms with van der Waals surface area (Å²) in [6.07, 6.45) is 4.82. The van der Waals surface area contributed by atoms with Crippen molar-refractivity contribution in [2.24, 2.45) is 0 Å². The van der Waals surface area contributed by atoms with Crippen molar-refractivity contribution in [3.8, 4) is 0 Å². The van der Waals surface area contributed by atoms with E-state index in [1.165, 1.54) is 24.2 Å². The molecule has 1 aromatic heterocycles. The lowest BCUT2D eigenvalue weighted by atomic mass is 10.2. The van der Waals surface area contributed by atoms with Gasteiger partial charge in [-0.2, -0.15) is 0 Å². The Morgan fingerprint density at radius 3 is 2.36 bits per heavy atom. The zero-order valence-corrected chi connectivity index (χ0v) is 14.0. The van der Waals surface area contributed by atoms with E-state index in [0.717, 1.165) is 31.6 Å². The average molecular weight is 336 g/mol. The zero-order chi connectivity index (χ0) is 15.4. The van der Waals surface area contributed by atoms with Gasteiger partial charge in [0, 0.05) is 13.1 Å². The molecule has 4 nitrogen and oxygen atoms in total. The number of benzene rings is 1. The minimum atomic E-state index is -3.50. The van der Waals surface area contributed by atoms with E-state index < -0.39 is 10.0 Å². The summed E-state index contributed by atoms with van der Waals surface area (Å²) in [6.45, 7) is 1.97. The number of nitrogens with zero attached hydrogens (tertiary/aromatic N) is 1. The Kier molecular flexibility index (Phi) is 4.69. The number of hydrogen-bond donors (Lipinski definition) is 1. The third-order valence-electron chi connectivity index (χ3n) is 3.86. The summed E-state index contributed by atoms with van der Waals surface area (Å²) in [5.41, 5.74) is 1.64. The molecule has 0 spiro atoms. The molecule has 1 aromatic carbocycles. The monoisotopic (exact) mass is 336 g/mol. The summed E-state index contributed by atoms with van der Waals surface area (Å²) in [6, 6.07) is 11.0. The van der Waals surface area contributed by atoms with Crippen LogP contribution in [-0.4, -0.2) is 21.5 Å². The Hall–Kier alpha value is -1.53. The van der Waals surface area contributed by atoms with Crippen LogP contribution >= 0.6 is 11.3 Å². The van der Waals surface area contributed by atoms with Crippen molar-refractivity contribution >= 4 is 32.7 Å². The molecule has 118 valence electrons. The van der Waals surface area contributed by atoms with E-state index in [2.05, 4.69) is 9.62 Å². The van der Waals surface area contributed by atoms with Crippen molar-refractivity contribution in [2.45, 2.75) is 29.9 Å². The maximum absolute atomic E-state index is 12.4. The molecule has 3 rings (SSSR count). The van der Waals surface area contributed by atoms with Crippen molar-refractivity contribution in [3.63, 3.8) is 0 Å². The van der Waals surface area contributed by atoms with Crippen molar-refractivity contribution in [1.82, 2.24) is 0 Å². The van der Waals surface area contributed by atoms with Gasteiger partial charge in [0.15, 0.2) is 0 Å². The Balaban J connectivity index is 1.88. The minimum Gasteiger partial charge on any atom is -0.370 e. The summed E-state index contributed by atoms with van der Waals surface area (Å²) < 4.78 is 28.0. The molecule has 1 N–H and O–H groups in total. The fourth-order valence-electron chi connectivity index (χ4n) is 2.76. The van der Waals surface area contributed by atoms with E-state index in [4.69, 9.17) is 0 Å². The topological polar surface area (TPSA) is 49.4 Å². The van der Waals surface area contributed by atoms with Crippen LogP contribution in [0.15, 0.2) is 46.0 Å². The second kappa shape index (κ2) is 6.71. The lowest BCUT2D eigenvalue weighted by Crippen LogP contribution is -2.25. The van der Waals surface area contributed by atoms with Gasteiger partial charge in [-0.3, -0.25) is 4.72 Å². The predicted molar refractivity (Wildman–Crippen MR) is 92.3 cm³/mol. The molecule has 22 heavy (non-hydrogen) atoms. The highest BCUT2D eigenvalue weighted by molar-refractivity contribution is 7.94. The zero-order valence-electron chi connectivity index (χ0n) is 12.4. The third-order valence-corrected chi connectivity index (χ3v) is 6.62. The third kappa shape index (κ3) is 3.44. The van der Waals surface area contributed by atoms with Gasteiger partial charge in [-0.25, -0.2) is 8.42 Å². The first-order valence-corrected chi connectivity index (χ1v) is 9.93. The molecule has 1 aliphatic heterocycles. The maximum atomic E-state index is 12.4. The van der Waals surface area contributed by atoms with Crippen LogP contribution in [0, 0.1) is 0 Å². The number of hydrogen-bond acceptors (Lipinski definition) is 4. The standard InChI is InChI=1S/C16H20N2O2S2/c19-22(20,16-10-7-13-21-16)17-14-8-3-4-9-15(14)18-11-5-1-2-6-12-18/h3-4,7-10,13,17H,1-2,5-6,11-12H2. The van der Waals surface area contributed by atoms with Gasteiger partial charge >= 0.3 is 0 Å². The van der Waals surface area contributed by atoms with Crippen molar-refractivity contribution in [1.29, 1.82) is 0 Å². The van der Waals surface area contributed by atoms with Gasteiger partial charge in [0.25, 0.3) is 10.0 Å². The van der Waals surface area contributed by atoms with E-state index in [-0.39, 0.29) is 0 Å². The lowest BCUT2D eigenvalue weighted by Gasteiger charge is -2.25. The van der Waals surface area contributed by atoms with Crippen LogP contribution in [0.4, 0.5) is 11.4 Å². The Morgan fingerprint density at radius 1 is 0.955 bits per heavy atom. The van der Waals surface area contributed by atoms with Crippen LogP contribution < -0.4 is 9.62 Å². The second-order valence-corrected chi connectivity index (χ2v) is 8.31. The highest BCUT2D eigenvalue weighted by atomic mass is 32.2. The molecule has 2 aromatic rings. The number of sulfonamides is 1. The lowest BCUT2D eigenvalue weighted by molar-refractivity contribution is 0.603. The molecule has 0 aliphatic carbocycles. The summed E-state index contributed by atoms with van der Waals surface area (Å²) in [5.74, 6) is 0. The normalized spacial score (nSPS) is 16.3. The molecule has 1 aliphatic rings. The van der Waals surface area contributed by atoms with Gasteiger partial charge in [0.05, 0.1) is 11.4 Å². The van der Waals surface area contributed by atoms with Gasteiger partial charge in [-0.1, -0.05) is 31.0 Å². The second-order valence-electron chi connectivity index (χ2n) is 5.46. The molecule has 2 heterocycles. The Bertz CT molecular complexity index is 704. The smallest absolute Gasteiger partial charge is 0.271 e. The van der Waals surface area contributed by atoms with E-state index >= 15 is 0 Å². The first-order valence-electron chi connectivity index (χ1n) is 7.57. The van der Waals surface area contributed by atoms with Gasteiger partial charge in [0.1, 0.15) is 4.21 Å². The van der Waals surface area contributed by atoms with Crippen LogP contribution in [0.1, 0.15) is 25.7 Å². The van der Waals surface area contributed by atoms with Gasteiger partial charge < -0.3 is 4.90 Å².